The minimum absolute atomic E-state index is 0.0229. The number of hydrogen-bond donors (Lipinski definition) is 1. The van der Waals surface area contributed by atoms with Crippen LogP contribution in [0.2, 0.25) is 0 Å². The Kier molecular flexibility index (Phi) is 4.71. The number of nitrogens with one attached hydrogen (secondary N) is 1. The molecule has 108 valence electrons. The van der Waals surface area contributed by atoms with Crippen LogP contribution in [0.3, 0.4) is 0 Å². The molecule has 1 N–H and O–H groups in total. The van der Waals surface area contributed by atoms with E-state index >= 15 is 0 Å². The van der Waals surface area contributed by atoms with Gasteiger partial charge < -0.3 is 10.1 Å². The number of methoxy groups -OCH3 is 1. The molecule has 0 atom stereocenters. The minimum Gasteiger partial charge on any atom is -0.469 e. The molecule has 0 unspecified atom stereocenters. The van der Waals surface area contributed by atoms with E-state index in [0.29, 0.717) is 5.69 Å². The molecule has 1 aromatic rings. The largest absolute Gasteiger partial charge is 0.469 e. The third kappa shape index (κ3) is 3.56. The molecule has 1 aromatic heterocycles. The van der Waals surface area contributed by atoms with Gasteiger partial charge in [0.15, 0.2) is 0 Å². The van der Waals surface area contributed by atoms with Crippen LogP contribution in [0.15, 0.2) is 18.2 Å². The highest BCUT2D eigenvalue weighted by Gasteiger charge is 2.27. The Bertz CT molecular complexity index is 494. The number of aromatic nitrogens is 1. The summed E-state index contributed by atoms with van der Waals surface area (Å²) in [7, 11) is 1.42. The van der Waals surface area contributed by atoms with Gasteiger partial charge in [-0.05, 0) is 44.7 Å². The number of esters is 1. The Morgan fingerprint density at radius 2 is 1.95 bits per heavy atom. The van der Waals surface area contributed by atoms with Gasteiger partial charge in [-0.1, -0.05) is 6.07 Å². The molecule has 0 radical (unpaired) electrons. The zero-order valence-corrected chi connectivity index (χ0v) is 11.9. The fourth-order valence-corrected chi connectivity index (χ4v) is 2.57. The predicted octanol–water partition coefficient (Wildman–Crippen LogP) is 1.85. The SMILES string of the molecule is COC(=O)C1CCC(NC(=O)c2cccc(C)n2)CC1. The highest BCUT2D eigenvalue weighted by atomic mass is 16.5. The molecule has 2 rings (SSSR count). The van der Waals surface area contributed by atoms with Gasteiger partial charge in [0, 0.05) is 11.7 Å². The lowest BCUT2D eigenvalue weighted by Crippen LogP contribution is -2.39. The zero-order valence-electron chi connectivity index (χ0n) is 11.9. The van der Waals surface area contributed by atoms with Crippen LogP contribution in [0.25, 0.3) is 0 Å². The summed E-state index contributed by atoms with van der Waals surface area (Å²) < 4.78 is 4.75. The van der Waals surface area contributed by atoms with E-state index in [-0.39, 0.29) is 23.8 Å². The highest BCUT2D eigenvalue weighted by Crippen LogP contribution is 2.25. The molecule has 0 spiro atoms. The highest BCUT2D eigenvalue weighted by molar-refractivity contribution is 5.92. The van der Waals surface area contributed by atoms with E-state index in [4.69, 9.17) is 4.74 Å². The number of ether oxygens (including phenoxy) is 1. The van der Waals surface area contributed by atoms with E-state index in [1.807, 2.05) is 19.1 Å². The van der Waals surface area contributed by atoms with Gasteiger partial charge in [-0.3, -0.25) is 9.59 Å². The molecule has 1 fully saturated rings. The Morgan fingerprint density at radius 1 is 1.25 bits per heavy atom. The Hall–Kier alpha value is -1.91. The van der Waals surface area contributed by atoms with Crippen LogP contribution in [0.5, 0.6) is 0 Å². The number of pyridine rings is 1. The quantitative estimate of drug-likeness (QED) is 0.855. The maximum absolute atomic E-state index is 12.1. The topological polar surface area (TPSA) is 68.3 Å². The van der Waals surface area contributed by atoms with Crippen LogP contribution in [0.4, 0.5) is 0 Å². The average molecular weight is 276 g/mol. The van der Waals surface area contributed by atoms with Crippen LogP contribution in [-0.4, -0.2) is 30.0 Å². The monoisotopic (exact) mass is 276 g/mol. The van der Waals surface area contributed by atoms with E-state index in [1.54, 1.807) is 6.07 Å². The molecule has 0 aromatic carbocycles. The molecule has 0 aliphatic heterocycles. The number of rotatable bonds is 3. The molecular weight excluding hydrogens is 256 g/mol. The summed E-state index contributed by atoms with van der Waals surface area (Å²) in [6.07, 6.45) is 3.13. The predicted molar refractivity (Wildman–Crippen MR) is 74.2 cm³/mol. The van der Waals surface area contributed by atoms with Crippen LogP contribution in [0.1, 0.15) is 41.9 Å². The first kappa shape index (κ1) is 14.5. The van der Waals surface area contributed by atoms with E-state index in [0.717, 1.165) is 31.4 Å². The number of hydrogen-bond acceptors (Lipinski definition) is 4. The van der Waals surface area contributed by atoms with Gasteiger partial charge in [-0.25, -0.2) is 4.98 Å². The van der Waals surface area contributed by atoms with Crippen LogP contribution in [-0.2, 0) is 9.53 Å². The van der Waals surface area contributed by atoms with Gasteiger partial charge in [0.2, 0.25) is 0 Å². The normalized spacial score (nSPS) is 22.1. The average Bonchev–Trinajstić information content (AvgIpc) is 2.47. The summed E-state index contributed by atoms with van der Waals surface area (Å²) in [6.45, 7) is 1.86. The van der Waals surface area contributed by atoms with Crippen molar-refractivity contribution >= 4 is 11.9 Å². The lowest BCUT2D eigenvalue weighted by Gasteiger charge is -2.27. The first-order valence-corrected chi connectivity index (χ1v) is 6.92. The summed E-state index contributed by atoms with van der Waals surface area (Å²) in [5.41, 5.74) is 1.27. The molecular formula is C15H20N2O3. The summed E-state index contributed by atoms with van der Waals surface area (Å²) in [4.78, 5) is 27.7. The molecule has 20 heavy (non-hydrogen) atoms. The number of amides is 1. The lowest BCUT2D eigenvalue weighted by atomic mass is 9.86. The standard InChI is InChI=1S/C15H20N2O3/c1-10-4-3-5-13(16-10)14(18)17-12-8-6-11(7-9-12)15(19)20-2/h3-5,11-12H,6-9H2,1-2H3,(H,17,18). The minimum atomic E-state index is -0.143. The Balaban J connectivity index is 1.86. The van der Waals surface area contributed by atoms with Crippen molar-refractivity contribution in [2.75, 3.05) is 7.11 Å². The maximum Gasteiger partial charge on any atom is 0.308 e. The molecule has 1 heterocycles. The Labute approximate surface area is 118 Å². The van der Waals surface area contributed by atoms with Crippen molar-refractivity contribution in [2.24, 2.45) is 5.92 Å². The van der Waals surface area contributed by atoms with E-state index in [2.05, 4.69) is 10.3 Å². The first-order valence-electron chi connectivity index (χ1n) is 6.92. The summed E-state index contributed by atoms with van der Waals surface area (Å²) in [5.74, 6) is -0.310. The van der Waals surface area contributed by atoms with Crippen molar-refractivity contribution in [3.63, 3.8) is 0 Å². The third-order valence-corrected chi connectivity index (χ3v) is 3.72. The molecule has 5 heteroatoms. The summed E-state index contributed by atoms with van der Waals surface area (Å²) >= 11 is 0. The van der Waals surface area contributed by atoms with Gasteiger partial charge in [-0.2, -0.15) is 0 Å². The fraction of sp³-hybridized carbons (Fsp3) is 0.533. The van der Waals surface area contributed by atoms with Gasteiger partial charge in [0.1, 0.15) is 5.69 Å². The second kappa shape index (κ2) is 6.50. The lowest BCUT2D eigenvalue weighted by molar-refractivity contribution is -0.146. The molecule has 1 amide bonds. The van der Waals surface area contributed by atoms with Crippen molar-refractivity contribution in [3.05, 3.63) is 29.6 Å². The van der Waals surface area contributed by atoms with Crippen LogP contribution >= 0.6 is 0 Å². The van der Waals surface area contributed by atoms with Crippen molar-refractivity contribution in [3.8, 4) is 0 Å². The second-order valence-electron chi connectivity index (χ2n) is 5.21. The van der Waals surface area contributed by atoms with Gasteiger partial charge in [0.05, 0.1) is 13.0 Å². The van der Waals surface area contributed by atoms with E-state index in [1.165, 1.54) is 7.11 Å². The Morgan fingerprint density at radius 3 is 2.55 bits per heavy atom. The second-order valence-corrected chi connectivity index (χ2v) is 5.21. The van der Waals surface area contributed by atoms with E-state index in [9.17, 15) is 9.59 Å². The van der Waals surface area contributed by atoms with Crippen molar-refractivity contribution < 1.29 is 14.3 Å². The van der Waals surface area contributed by atoms with Crippen LogP contribution < -0.4 is 5.32 Å². The number of carbonyl (C=O) groups is 2. The molecule has 1 aliphatic rings. The fourth-order valence-electron chi connectivity index (χ4n) is 2.57. The molecule has 5 nitrogen and oxygen atoms in total. The van der Waals surface area contributed by atoms with Gasteiger partial charge >= 0.3 is 5.97 Å². The molecule has 1 saturated carbocycles. The number of nitrogens with zero attached hydrogens (tertiary/aromatic N) is 1. The van der Waals surface area contributed by atoms with Crippen molar-refractivity contribution in [2.45, 2.75) is 38.6 Å². The molecule has 0 saturated heterocycles. The summed E-state index contributed by atoms with van der Waals surface area (Å²) in [5, 5.41) is 2.99. The maximum atomic E-state index is 12.1. The van der Waals surface area contributed by atoms with E-state index < -0.39 is 0 Å². The molecule has 1 aliphatic carbocycles. The van der Waals surface area contributed by atoms with Crippen molar-refractivity contribution in [1.29, 1.82) is 0 Å². The number of carbonyl (C=O) groups excluding carboxylic acids is 2. The smallest absolute Gasteiger partial charge is 0.308 e. The van der Waals surface area contributed by atoms with Gasteiger partial charge in [0.25, 0.3) is 5.91 Å². The first-order chi connectivity index (χ1) is 9.60. The zero-order chi connectivity index (χ0) is 14.5. The molecule has 0 bridgehead atoms. The van der Waals surface area contributed by atoms with Crippen molar-refractivity contribution in [1.82, 2.24) is 10.3 Å². The van der Waals surface area contributed by atoms with Gasteiger partial charge in [-0.15, -0.1) is 0 Å². The summed E-state index contributed by atoms with van der Waals surface area (Å²) in [6, 6.07) is 5.51. The number of aryl methyl sites for hydroxylation is 1. The third-order valence-electron chi connectivity index (χ3n) is 3.72. The van der Waals surface area contributed by atoms with Crippen LogP contribution in [0, 0.1) is 12.8 Å².